The fourth-order valence-electron chi connectivity index (χ4n) is 1.81. The van der Waals surface area contributed by atoms with Gasteiger partial charge in [-0.25, -0.2) is 0 Å². The van der Waals surface area contributed by atoms with E-state index in [2.05, 4.69) is 16.7 Å². The molecule has 1 aromatic carbocycles. The molecule has 1 aliphatic heterocycles. The van der Waals surface area contributed by atoms with Crippen LogP contribution >= 0.6 is 11.6 Å². The molecule has 0 bridgehead atoms. The highest BCUT2D eigenvalue weighted by Crippen LogP contribution is 2.12. The molecule has 1 fully saturated rings. The van der Waals surface area contributed by atoms with Gasteiger partial charge in [0.2, 0.25) is 0 Å². The number of benzene rings is 1. The molecule has 2 rings (SSSR count). The molecule has 1 aromatic rings. The van der Waals surface area contributed by atoms with Crippen molar-refractivity contribution in [2.24, 2.45) is 0 Å². The summed E-state index contributed by atoms with van der Waals surface area (Å²) in [4.78, 5) is 0. The van der Waals surface area contributed by atoms with Crippen molar-refractivity contribution in [3.8, 4) is 0 Å². The standard InChI is InChI=1S/C11H15ClN2/c12-10-3-1-2-9(6-10)7-11-8-13-4-5-14-11/h1-3,6,11,13-14H,4-5,7-8H2/t11-/m0/s1. The Morgan fingerprint density at radius 2 is 2.29 bits per heavy atom. The van der Waals surface area contributed by atoms with Gasteiger partial charge >= 0.3 is 0 Å². The molecule has 1 heterocycles. The van der Waals surface area contributed by atoms with E-state index in [9.17, 15) is 0 Å². The van der Waals surface area contributed by atoms with Gasteiger partial charge in [-0.05, 0) is 24.1 Å². The van der Waals surface area contributed by atoms with Crippen molar-refractivity contribution < 1.29 is 0 Å². The Balaban J connectivity index is 1.95. The summed E-state index contributed by atoms with van der Waals surface area (Å²) < 4.78 is 0. The first-order chi connectivity index (χ1) is 6.84. The van der Waals surface area contributed by atoms with Crippen LogP contribution in [-0.4, -0.2) is 25.7 Å². The summed E-state index contributed by atoms with van der Waals surface area (Å²) in [5.74, 6) is 0. The summed E-state index contributed by atoms with van der Waals surface area (Å²) in [7, 11) is 0. The van der Waals surface area contributed by atoms with Crippen molar-refractivity contribution >= 4 is 11.6 Å². The predicted octanol–water partition coefficient (Wildman–Crippen LogP) is 1.44. The van der Waals surface area contributed by atoms with Crippen molar-refractivity contribution in [2.45, 2.75) is 12.5 Å². The Labute approximate surface area is 89.7 Å². The van der Waals surface area contributed by atoms with E-state index in [0.717, 1.165) is 31.1 Å². The smallest absolute Gasteiger partial charge is 0.0408 e. The van der Waals surface area contributed by atoms with E-state index in [-0.39, 0.29) is 0 Å². The van der Waals surface area contributed by atoms with E-state index in [0.29, 0.717) is 6.04 Å². The van der Waals surface area contributed by atoms with Gasteiger partial charge < -0.3 is 10.6 Å². The molecule has 76 valence electrons. The van der Waals surface area contributed by atoms with Crippen LogP contribution in [0.15, 0.2) is 24.3 Å². The van der Waals surface area contributed by atoms with Crippen molar-refractivity contribution in [3.63, 3.8) is 0 Å². The number of halogens is 1. The van der Waals surface area contributed by atoms with Gasteiger partial charge in [-0.2, -0.15) is 0 Å². The summed E-state index contributed by atoms with van der Waals surface area (Å²) in [5, 5.41) is 7.68. The summed E-state index contributed by atoms with van der Waals surface area (Å²) in [6, 6.07) is 8.63. The highest BCUT2D eigenvalue weighted by Gasteiger charge is 2.12. The van der Waals surface area contributed by atoms with Crippen LogP contribution in [0, 0.1) is 0 Å². The second kappa shape index (κ2) is 4.78. The van der Waals surface area contributed by atoms with E-state index < -0.39 is 0 Å². The number of nitrogens with one attached hydrogen (secondary N) is 2. The van der Waals surface area contributed by atoms with Crippen molar-refractivity contribution in [1.82, 2.24) is 10.6 Å². The van der Waals surface area contributed by atoms with Gasteiger partial charge in [0.25, 0.3) is 0 Å². The summed E-state index contributed by atoms with van der Waals surface area (Å²) in [6.07, 6.45) is 1.05. The average molecular weight is 211 g/mol. The molecule has 3 heteroatoms. The molecule has 0 aromatic heterocycles. The Bertz CT molecular complexity index is 295. The second-order valence-electron chi connectivity index (χ2n) is 3.69. The van der Waals surface area contributed by atoms with Crippen LogP contribution in [-0.2, 0) is 6.42 Å². The molecular formula is C11H15ClN2. The third kappa shape index (κ3) is 2.71. The molecule has 0 unspecified atom stereocenters. The molecule has 0 spiro atoms. The number of piperazine rings is 1. The second-order valence-corrected chi connectivity index (χ2v) is 4.13. The summed E-state index contributed by atoms with van der Waals surface area (Å²) >= 11 is 5.93. The van der Waals surface area contributed by atoms with Crippen LogP contribution in [0.5, 0.6) is 0 Å². The molecule has 1 saturated heterocycles. The van der Waals surface area contributed by atoms with Crippen LogP contribution in [0.1, 0.15) is 5.56 Å². The zero-order valence-electron chi connectivity index (χ0n) is 8.09. The molecule has 14 heavy (non-hydrogen) atoms. The summed E-state index contributed by atoms with van der Waals surface area (Å²) in [5.41, 5.74) is 1.30. The van der Waals surface area contributed by atoms with Gasteiger partial charge in [-0.3, -0.25) is 0 Å². The van der Waals surface area contributed by atoms with Gasteiger partial charge in [0, 0.05) is 30.7 Å². The van der Waals surface area contributed by atoms with Crippen LogP contribution in [0.3, 0.4) is 0 Å². The van der Waals surface area contributed by atoms with Crippen LogP contribution in [0.4, 0.5) is 0 Å². The lowest BCUT2D eigenvalue weighted by Gasteiger charge is -2.24. The third-order valence-corrected chi connectivity index (χ3v) is 2.73. The minimum absolute atomic E-state index is 0.544. The number of hydrogen-bond acceptors (Lipinski definition) is 2. The lowest BCUT2D eigenvalue weighted by molar-refractivity contribution is 0.416. The van der Waals surface area contributed by atoms with Crippen LogP contribution < -0.4 is 10.6 Å². The fraction of sp³-hybridized carbons (Fsp3) is 0.455. The van der Waals surface area contributed by atoms with E-state index in [1.54, 1.807) is 0 Å². The van der Waals surface area contributed by atoms with E-state index in [1.807, 2.05) is 18.2 Å². The molecule has 0 radical (unpaired) electrons. The Morgan fingerprint density at radius 3 is 3.00 bits per heavy atom. The number of hydrogen-bond donors (Lipinski definition) is 2. The Morgan fingerprint density at radius 1 is 1.36 bits per heavy atom. The maximum atomic E-state index is 5.93. The van der Waals surface area contributed by atoms with E-state index in [4.69, 9.17) is 11.6 Å². The SMILES string of the molecule is Clc1cccc(C[C@H]2CNCCN2)c1. The van der Waals surface area contributed by atoms with Crippen molar-refractivity contribution in [1.29, 1.82) is 0 Å². The van der Waals surface area contributed by atoms with E-state index >= 15 is 0 Å². The lowest BCUT2D eigenvalue weighted by atomic mass is 10.1. The molecule has 1 atom stereocenters. The fourth-order valence-corrected chi connectivity index (χ4v) is 2.02. The largest absolute Gasteiger partial charge is 0.314 e. The molecule has 2 N–H and O–H groups in total. The third-order valence-electron chi connectivity index (χ3n) is 2.50. The minimum Gasteiger partial charge on any atom is -0.314 e. The first-order valence-electron chi connectivity index (χ1n) is 5.03. The van der Waals surface area contributed by atoms with Crippen molar-refractivity contribution in [3.05, 3.63) is 34.9 Å². The maximum absolute atomic E-state index is 5.93. The zero-order valence-corrected chi connectivity index (χ0v) is 8.85. The average Bonchev–Trinajstić information content (AvgIpc) is 2.19. The lowest BCUT2D eigenvalue weighted by Crippen LogP contribution is -2.49. The zero-order chi connectivity index (χ0) is 9.80. The van der Waals surface area contributed by atoms with Gasteiger partial charge in [-0.1, -0.05) is 23.7 Å². The summed E-state index contributed by atoms with van der Waals surface area (Å²) in [6.45, 7) is 3.18. The Hall–Kier alpha value is -0.570. The van der Waals surface area contributed by atoms with Gasteiger partial charge in [-0.15, -0.1) is 0 Å². The van der Waals surface area contributed by atoms with Crippen LogP contribution in [0.25, 0.3) is 0 Å². The normalized spacial score (nSPS) is 22.2. The molecule has 0 amide bonds. The molecular weight excluding hydrogens is 196 g/mol. The van der Waals surface area contributed by atoms with Crippen LogP contribution in [0.2, 0.25) is 5.02 Å². The quantitative estimate of drug-likeness (QED) is 0.772. The predicted molar refractivity (Wildman–Crippen MR) is 59.8 cm³/mol. The molecule has 1 aliphatic rings. The Kier molecular flexibility index (Phi) is 3.40. The maximum Gasteiger partial charge on any atom is 0.0408 e. The first kappa shape index (κ1) is 9.97. The van der Waals surface area contributed by atoms with Gasteiger partial charge in [0.05, 0.1) is 0 Å². The minimum atomic E-state index is 0.544. The number of rotatable bonds is 2. The van der Waals surface area contributed by atoms with Gasteiger partial charge in [0.1, 0.15) is 0 Å². The molecule has 2 nitrogen and oxygen atoms in total. The molecule has 0 saturated carbocycles. The highest BCUT2D eigenvalue weighted by molar-refractivity contribution is 6.30. The topological polar surface area (TPSA) is 24.1 Å². The monoisotopic (exact) mass is 210 g/mol. The van der Waals surface area contributed by atoms with E-state index in [1.165, 1.54) is 5.56 Å². The van der Waals surface area contributed by atoms with Crippen molar-refractivity contribution in [2.75, 3.05) is 19.6 Å². The molecule has 0 aliphatic carbocycles. The van der Waals surface area contributed by atoms with Gasteiger partial charge in [0.15, 0.2) is 0 Å². The highest BCUT2D eigenvalue weighted by atomic mass is 35.5. The first-order valence-corrected chi connectivity index (χ1v) is 5.41.